The minimum absolute atomic E-state index is 0.425. The third kappa shape index (κ3) is 2.46. The first-order valence-electron chi connectivity index (χ1n) is 7.76. The monoisotopic (exact) mass is 262 g/mol. The molecule has 1 N–H and O–H groups in total. The Kier molecular flexibility index (Phi) is 3.68. The van der Waals surface area contributed by atoms with Crippen LogP contribution in [0.2, 0.25) is 0 Å². The van der Waals surface area contributed by atoms with Crippen LogP contribution in [0.25, 0.3) is 0 Å². The second kappa shape index (κ2) is 5.29. The van der Waals surface area contributed by atoms with Gasteiger partial charge < -0.3 is 9.73 Å². The van der Waals surface area contributed by atoms with Crippen molar-refractivity contribution in [1.29, 1.82) is 0 Å². The summed E-state index contributed by atoms with van der Waals surface area (Å²) < 4.78 is 5.84. The van der Waals surface area contributed by atoms with Crippen molar-refractivity contribution in [2.24, 2.45) is 0 Å². The Morgan fingerprint density at radius 2 is 2.00 bits per heavy atom. The highest BCUT2D eigenvalue weighted by atomic mass is 16.3. The van der Waals surface area contributed by atoms with E-state index in [2.05, 4.69) is 36.2 Å². The van der Waals surface area contributed by atoms with E-state index < -0.39 is 0 Å². The van der Waals surface area contributed by atoms with Crippen LogP contribution in [-0.4, -0.2) is 29.6 Å². The molecule has 0 amide bonds. The lowest BCUT2D eigenvalue weighted by Crippen LogP contribution is -2.49. The van der Waals surface area contributed by atoms with E-state index in [9.17, 15) is 0 Å². The molecule has 2 aliphatic rings. The third-order valence-electron chi connectivity index (χ3n) is 4.90. The van der Waals surface area contributed by atoms with Crippen LogP contribution in [0.4, 0.5) is 0 Å². The zero-order valence-corrected chi connectivity index (χ0v) is 12.4. The maximum absolute atomic E-state index is 5.84. The van der Waals surface area contributed by atoms with Crippen molar-refractivity contribution < 1.29 is 4.42 Å². The SMILES string of the molecule is CCNC1CC2CCC(C1)N2C(C)c1ccc(C)o1. The lowest BCUT2D eigenvalue weighted by molar-refractivity contribution is 0.0672. The maximum Gasteiger partial charge on any atom is 0.121 e. The molecule has 0 aliphatic carbocycles. The number of hydrogen-bond acceptors (Lipinski definition) is 3. The Labute approximate surface area is 116 Å². The van der Waals surface area contributed by atoms with Gasteiger partial charge in [0.15, 0.2) is 0 Å². The fourth-order valence-corrected chi connectivity index (χ4v) is 4.13. The normalized spacial score (nSPS) is 32.7. The van der Waals surface area contributed by atoms with E-state index in [1.54, 1.807) is 0 Å². The van der Waals surface area contributed by atoms with Crippen molar-refractivity contribution in [3.05, 3.63) is 23.7 Å². The number of furan rings is 1. The molecule has 3 heterocycles. The topological polar surface area (TPSA) is 28.4 Å². The van der Waals surface area contributed by atoms with Crippen molar-refractivity contribution in [3.8, 4) is 0 Å². The lowest BCUT2D eigenvalue weighted by Gasteiger charge is -2.42. The summed E-state index contributed by atoms with van der Waals surface area (Å²) >= 11 is 0. The van der Waals surface area contributed by atoms with Gasteiger partial charge in [-0.2, -0.15) is 0 Å². The Bertz CT molecular complexity index is 414. The molecule has 3 rings (SSSR count). The first kappa shape index (κ1) is 13.2. The highest BCUT2D eigenvalue weighted by molar-refractivity contribution is 5.12. The molecular formula is C16H26N2O. The van der Waals surface area contributed by atoms with Crippen LogP contribution in [0.3, 0.4) is 0 Å². The van der Waals surface area contributed by atoms with Gasteiger partial charge in [0.1, 0.15) is 11.5 Å². The van der Waals surface area contributed by atoms with E-state index in [0.29, 0.717) is 6.04 Å². The predicted octanol–water partition coefficient (Wildman–Crippen LogP) is 3.25. The van der Waals surface area contributed by atoms with Crippen molar-refractivity contribution >= 4 is 0 Å². The number of aryl methyl sites for hydroxylation is 1. The van der Waals surface area contributed by atoms with Crippen LogP contribution in [0, 0.1) is 6.92 Å². The largest absolute Gasteiger partial charge is 0.465 e. The van der Waals surface area contributed by atoms with E-state index in [1.807, 2.05) is 6.92 Å². The summed E-state index contributed by atoms with van der Waals surface area (Å²) in [6, 6.07) is 6.86. The van der Waals surface area contributed by atoms with Gasteiger partial charge in [0.25, 0.3) is 0 Å². The highest BCUT2D eigenvalue weighted by Gasteiger charge is 2.43. The zero-order chi connectivity index (χ0) is 13.4. The molecule has 0 radical (unpaired) electrons. The zero-order valence-electron chi connectivity index (χ0n) is 12.4. The molecule has 3 nitrogen and oxygen atoms in total. The molecule has 2 fully saturated rings. The van der Waals surface area contributed by atoms with Gasteiger partial charge in [-0.25, -0.2) is 0 Å². The average molecular weight is 262 g/mol. The summed E-state index contributed by atoms with van der Waals surface area (Å²) in [5, 5.41) is 3.64. The molecule has 0 aromatic carbocycles. The van der Waals surface area contributed by atoms with Gasteiger partial charge in [-0.15, -0.1) is 0 Å². The quantitative estimate of drug-likeness (QED) is 0.903. The molecular weight excluding hydrogens is 236 g/mol. The van der Waals surface area contributed by atoms with Gasteiger partial charge in [-0.05, 0) is 58.2 Å². The molecule has 0 saturated carbocycles. The fourth-order valence-electron chi connectivity index (χ4n) is 4.13. The van der Waals surface area contributed by atoms with Crippen LogP contribution < -0.4 is 5.32 Å². The number of fused-ring (bicyclic) bond motifs is 2. The van der Waals surface area contributed by atoms with Crippen LogP contribution >= 0.6 is 0 Å². The number of nitrogens with one attached hydrogen (secondary N) is 1. The van der Waals surface area contributed by atoms with Gasteiger partial charge >= 0.3 is 0 Å². The van der Waals surface area contributed by atoms with Gasteiger partial charge in [-0.1, -0.05) is 6.92 Å². The summed E-state index contributed by atoms with van der Waals surface area (Å²) in [4.78, 5) is 2.71. The second-order valence-electron chi connectivity index (χ2n) is 6.18. The van der Waals surface area contributed by atoms with Gasteiger partial charge in [0.2, 0.25) is 0 Å². The molecule has 3 unspecified atom stereocenters. The van der Waals surface area contributed by atoms with Gasteiger partial charge in [0.05, 0.1) is 6.04 Å². The Hall–Kier alpha value is -0.800. The summed E-state index contributed by atoms with van der Waals surface area (Å²) in [6.07, 6.45) is 5.32. The fraction of sp³-hybridized carbons (Fsp3) is 0.750. The molecule has 0 spiro atoms. The van der Waals surface area contributed by atoms with E-state index in [1.165, 1.54) is 25.7 Å². The number of hydrogen-bond donors (Lipinski definition) is 1. The lowest BCUT2D eigenvalue weighted by atomic mass is 9.95. The van der Waals surface area contributed by atoms with Gasteiger partial charge in [-0.3, -0.25) is 4.90 Å². The Morgan fingerprint density at radius 3 is 2.53 bits per heavy atom. The van der Waals surface area contributed by atoms with Crippen molar-refractivity contribution in [2.75, 3.05) is 6.54 Å². The molecule has 2 saturated heterocycles. The van der Waals surface area contributed by atoms with E-state index in [4.69, 9.17) is 4.42 Å². The third-order valence-corrected chi connectivity index (χ3v) is 4.90. The van der Waals surface area contributed by atoms with Crippen LogP contribution in [0.5, 0.6) is 0 Å². The minimum atomic E-state index is 0.425. The van der Waals surface area contributed by atoms with Crippen LogP contribution in [0.1, 0.15) is 57.1 Å². The second-order valence-corrected chi connectivity index (χ2v) is 6.18. The standard InChI is InChI=1S/C16H26N2O/c1-4-17-13-9-14-6-7-15(10-13)18(14)12(3)16-8-5-11(2)19-16/h5,8,12-15,17H,4,6-7,9-10H2,1-3H3. The molecule has 1 aromatic heterocycles. The summed E-state index contributed by atoms with van der Waals surface area (Å²) in [7, 11) is 0. The molecule has 3 atom stereocenters. The van der Waals surface area contributed by atoms with Gasteiger partial charge in [0, 0.05) is 18.1 Å². The smallest absolute Gasteiger partial charge is 0.121 e. The maximum atomic E-state index is 5.84. The summed E-state index contributed by atoms with van der Waals surface area (Å²) in [5.41, 5.74) is 0. The van der Waals surface area contributed by atoms with Crippen molar-refractivity contribution in [2.45, 2.75) is 70.6 Å². The first-order chi connectivity index (χ1) is 9.19. The molecule has 2 bridgehead atoms. The van der Waals surface area contributed by atoms with E-state index in [0.717, 1.165) is 36.2 Å². The van der Waals surface area contributed by atoms with Crippen LogP contribution in [-0.2, 0) is 0 Å². The molecule has 2 aliphatic heterocycles. The van der Waals surface area contributed by atoms with E-state index in [-0.39, 0.29) is 0 Å². The molecule has 19 heavy (non-hydrogen) atoms. The summed E-state index contributed by atoms with van der Waals surface area (Å²) in [6.45, 7) is 7.64. The molecule has 106 valence electrons. The minimum Gasteiger partial charge on any atom is -0.465 e. The van der Waals surface area contributed by atoms with Crippen molar-refractivity contribution in [3.63, 3.8) is 0 Å². The summed E-state index contributed by atoms with van der Waals surface area (Å²) in [5.74, 6) is 2.16. The van der Waals surface area contributed by atoms with Crippen molar-refractivity contribution in [1.82, 2.24) is 10.2 Å². The van der Waals surface area contributed by atoms with E-state index >= 15 is 0 Å². The number of nitrogens with zero attached hydrogens (tertiary/aromatic N) is 1. The average Bonchev–Trinajstić information content (AvgIpc) is 2.92. The van der Waals surface area contributed by atoms with Crippen LogP contribution in [0.15, 0.2) is 16.5 Å². The molecule has 3 heteroatoms. The number of rotatable bonds is 4. The highest BCUT2D eigenvalue weighted by Crippen LogP contribution is 2.41. The predicted molar refractivity (Wildman–Crippen MR) is 77.2 cm³/mol. The Balaban J connectivity index is 1.73. The first-order valence-corrected chi connectivity index (χ1v) is 7.76. The molecule has 1 aromatic rings. The Morgan fingerprint density at radius 1 is 1.32 bits per heavy atom. The number of piperidine rings is 1.